The number of sulfonamides is 1. The molecule has 0 spiro atoms. The van der Waals surface area contributed by atoms with E-state index in [0.29, 0.717) is 30.2 Å². The third-order valence-electron chi connectivity index (χ3n) is 3.51. The van der Waals surface area contributed by atoms with Gasteiger partial charge in [-0.2, -0.15) is 4.31 Å². The van der Waals surface area contributed by atoms with Crippen molar-refractivity contribution in [2.45, 2.75) is 51.3 Å². The van der Waals surface area contributed by atoms with Crippen LogP contribution in [0.15, 0.2) is 9.31 Å². The van der Waals surface area contributed by atoms with Crippen LogP contribution in [0.25, 0.3) is 0 Å². The topological polar surface area (TPSA) is 85.8 Å². The van der Waals surface area contributed by atoms with E-state index in [9.17, 15) is 8.42 Å². The number of ether oxygens (including phenoxy) is 1. The molecule has 2 rings (SSSR count). The Balaban J connectivity index is 2.45. The van der Waals surface area contributed by atoms with Crippen LogP contribution in [-0.4, -0.2) is 38.0 Å². The van der Waals surface area contributed by atoms with Crippen molar-refractivity contribution in [1.29, 1.82) is 0 Å². The van der Waals surface area contributed by atoms with Gasteiger partial charge in [-0.1, -0.05) is 0 Å². The molecule has 1 saturated heterocycles. The minimum absolute atomic E-state index is 0.122. The number of rotatable bonds is 3. The van der Waals surface area contributed by atoms with E-state index >= 15 is 0 Å². The first-order valence-corrected chi connectivity index (χ1v) is 8.16. The van der Waals surface area contributed by atoms with Gasteiger partial charge in [-0.3, -0.25) is 0 Å². The van der Waals surface area contributed by atoms with Crippen molar-refractivity contribution in [2.75, 3.05) is 13.1 Å². The number of morpholine rings is 1. The molecule has 7 heteroatoms. The fraction of sp³-hybridized carbons (Fsp3) is 0.692. The van der Waals surface area contributed by atoms with Crippen LogP contribution in [0.2, 0.25) is 0 Å². The van der Waals surface area contributed by atoms with Crippen LogP contribution in [0.4, 0.5) is 0 Å². The first-order chi connectivity index (χ1) is 9.27. The molecule has 0 unspecified atom stereocenters. The molecule has 114 valence electrons. The molecule has 2 N–H and O–H groups in total. The van der Waals surface area contributed by atoms with Crippen LogP contribution in [0.5, 0.6) is 0 Å². The molecule has 0 amide bonds. The number of aryl methyl sites for hydroxylation is 2. The Morgan fingerprint density at radius 1 is 1.20 bits per heavy atom. The zero-order valence-corrected chi connectivity index (χ0v) is 13.2. The number of nitrogens with zero attached hydrogens (tertiary/aromatic N) is 1. The Morgan fingerprint density at radius 3 is 2.25 bits per heavy atom. The lowest BCUT2D eigenvalue weighted by atomic mass is 10.2. The average Bonchev–Trinajstić information content (AvgIpc) is 2.62. The second-order valence-electron chi connectivity index (χ2n) is 5.31. The van der Waals surface area contributed by atoms with Gasteiger partial charge in [0.05, 0.1) is 12.2 Å². The molecule has 0 saturated carbocycles. The van der Waals surface area contributed by atoms with Gasteiger partial charge in [0, 0.05) is 25.2 Å². The van der Waals surface area contributed by atoms with Crippen LogP contribution in [0.3, 0.4) is 0 Å². The van der Waals surface area contributed by atoms with Gasteiger partial charge in [-0.25, -0.2) is 8.42 Å². The van der Waals surface area contributed by atoms with Crippen molar-refractivity contribution >= 4 is 10.0 Å². The van der Waals surface area contributed by atoms with E-state index in [1.54, 1.807) is 13.8 Å². The molecule has 1 aliphatic rings. The largest absolute Gasteiger partial charge is 0.465 e. The third kappa shape index (κ3) is 2.63. The van der Waals surface area contributed by atoms with E-state index in [1.807, 2.05) is 13.8 Å². The Labute approximate surface area is 119 Å². The molecule has 1 aliphatic heterocycles. The molecule has 0 radical (unpaired) electrons. The third-order valence-corrected chi connectivity index (χ3v) is 5.54. The summed E-state index contributed by atoms with van der Waals surface area (Å²) in [6, 6.07) is 0. The molecule has 0 bridgehead atoms. The van der Waals surface area contributed by atoms with Gasteiger partial charge in [-0.05, 0) is 27.7 Å². The van der Waals surface area contributed by atoms with E-state index < -0.39 is 10.0 Å². The number of hydrogen-bond acceptors (Lipinski definition) is 5. The summed E-state index contributed by atoms with van der Waals surface area (Å²) in [5.41, 5.74) is 6.24. The second kappa shape index (κ2) is 5.48. The van der Waals surface area contributed by atoms with Crippen molar-refractivity contribution < 1.29 is 17.6 Å². The maximum absolute atomic E-state index is 12.8. The van der Waals surface area contributed by atoms with Gasteiger partial charge < -0.3 is 14.9 Å². The van der Waals surface area contributed by atoms with Crippen molar-refractivity contribution in [1.82, 2.24) is 4.31 Å². The highest BCUT2D eigenvalue weighted by atomic mass is 32.2. The highest BCUT2D eigenvalue weighted by Crippen LogP contribution is 2.30. The molecule has 0 aromatic carbocycles. The van der Waals surface area contributed by atoms with Crippen molar-refractivity contribution in [3.05, 3.63) is 17.1 Å². The minimum Gasteiger partial charge on any atom is -0.465 e. The smallest absolute Gasteiger partial charge is 0.247 e. The normalized spacial score (nSPS) is 25.1. The quantitative estimate of drug-likeness (QED) is 0.905. The molecule has 6 nitrogen and oxygen atoms in total. The lowest BCUT2D eigenvalue weighted by Crippen LogP contribution is -2.48. The Bertz CT molecular complexity index is 584. The molecular weight excluding hydrogens is 280 g/mol. The summed E-state index contributed by atoms with van der Waals surface area (Å²) in [7, 11) is -3.60. The van der Waals surface area contributed by atoms with Crippen molar-refractivity contribution in [3.8, 4) is 0 Å². The summed E-state index contributed by atoms with van der Waals surface area (Å²) in [4.78, 5) is 0.221. The van der Waals surface area contributed by atoms with Gasteiger partial charge in [-0.15, -0.1) is 0 Å². The van der Waals surface area contributed by atoms with Crippen LogP contribution in [-0.2, 0) is 21.3 Å². The summed E-state index contributed by atoms with van der Waals surface area (Å²) in [6.07, 6.45) is -0.244. The molecule has 2 atom stereocenters. The molecule has 2 heterocycles. The monoisotopic (exact) mass is 302 g/mol. The maximum atomic E-state index is 12.8. The molecule has 1 fully saturated rings. The van der Waals surface area contributed by atoms with E-state index in [2.05, 4.69) is 0 Å². The van der Waals surface area contributed by atoms with Crippen LogP contribution in [0, 0.1) is 13.8 Å². The van der Waals surface area contributed by atoms with Crippen molar-refractivity contribution in [3.63, 3.8) is 0 Å². The summed E-state index contributed by atoms with van der Waals surface area (Å²) in [5.74, 6) is 0.965. The molecule has 0 aliphatic carbocycles. The highest BCUT2D eigenvalue weighted by molar-refractivity contribution is 7.89. The van der Waals surface area contributed by atoms with Crippen LogP contribution >= 0.6 is 0 Å². The zero-order chi connectivity index (χ0) is 15.1. The lowest BCUT2D eigenvalue weighted by molar-refractivity contribution is -0.0441. The van der Waals surface area contributed by atoms with Gasteiger partial charge in [0.1, 0.15) is 16.4 Å². The Morgan fingerprint density at radius 2 is 1.75 bits per heavy atom. The number of furan rings is 1. The van der Waals surface area contributed by atoms with E-state index in [1.165, 1.54) is 4.31 Å². The highest BCUT2D eigenvalue weighted by Gasteiger charge is 2.36. The summed E-state index contributed by atoms with van der Waals surface area (Å²) in [6.45, 7) is 7.98. The second-order valence-corrected chi connectivity index (χ2v) is 7.18. The van der Waals surface area contributed by atoms with Crippen molar-refractivity contribution in [2.24, 2.45) is 5.73 Å². The van der Waals surface area contributed by atoms with Gasteiger partial charge >= 0.3 is 0 Å². The zero-order valence-electron chi connectivity index (χ0n) is 12.3. The minimum atomic E-state index is -3.60. The Kier molecular flexibility index (Phi) is 4.24. The fourth-order valence-corrected chi connectivity index (χ4v) is 4.75. The average molecular weight is 302 g/mol. The number of hydrogen-bond donors (Lipinski definition) is 1. The van der Waals surface area contributed by atoms with E-state index in [4.69, 9.17) is 14.9 Å². The fourth-order valence-electron chi connectivity index (χ4n) is 2.74. The van der Waals surface area contributed by atoms with Crippen LogP contribution < -0.4 is 5.73 Å². The first-order valence-electron chi connectivity index (χ1n) is 6.72. The molecule has 1 aromatic heterocycles. The first kappa shape index (κ1) is 15.5. The SMILES string of the molecule is Cc1oc(C)c(S(=O)(=O)N2C[C@@H](C)O[C@@H](C)C2)c1CN. The lowest BCUT2D eigenvalue weighted by Gasteiger charge is -2.34. The standard InChI is InChI=1S/C13H22N2O4S/c1-8-6-15(7-9(2)18-8)20(16,17)13-11(4)19-10(3)12(13)5-14/h8-9H,5-7,14H2,1-4H3/t8-,9+. The molecule has 1 aromatic rings. The maximum Gasteiger partial charge on any atom is 0.247 e. The predicted octanol–water partition coefficient (Wildman–Crippen LogP) is 1.15. The summed E-state index contributed by atoms with van der Waals surface area (Å²) in [5, 5.41) is 0. The van der Waals surface area contributed by atoms with Gasteiger partial charge in [0.2, 0.25) is 10.0 Å². The van der Waals surface area contributed by atoms with Crippen LogP contribution in [0.1, 0.15) is 30.9 Å². The predicted molar refractivity (Wildman–Crippen MR) is 74.8 cm³/mol. The molecular formula is C13H22N2O4S. The van der Waals surface area contributed by atoms with E-state index in [-0.39, 0.29) is 23.6 Å². The summed E-state index contributed by atoms with van der Waals surface area (Å²) < 4.78 is 38.2. The summed E-state index contributed by atoms with van der Waals surface area (Å²) >= 11 is 0. The van der Waals surface area contributed by atoms with E-state index in [0.717, 1.165) is 0 Å². The Hall–Kier alpha value is -0.890. The van der Waals surface area contributed by atoms with Gasteiger partial charge in [0.25, 0.3) is 0 Å². The van der Waals surface area contributed by atoms with Gasteiger partial charge in [0.15, 0.2) is 0 Å². The number of nitrogens with two attached hydrogens (primary N) is 1. The molecule has 20 heavy (non-hydrogen) atoms.